The highest BCUT2D eigenvalue weighted by Gasteiger charge is 2.32. The predicted octanol–water partition coefficient (Wildman–Crippen LogP) is 4.01. The molecule has 0 unspecified atom stereocenters. The van der Waals surface area contributed by atoms with Crippen LogP contribution in [0, 0.1) is 0 Å². The van der Waals surface area contributed by atoms with Crippen LogP contribution in [0.25, 0.3) is 0 Å². The summed E-state index contributed by atoms with van der Waals surface area (Å²) in [7, 11) is 0. The fourth-order valence-corrected chi connectivity index (χ4v) is 3.33. The number of para-hydroxylation sites is 1. The van der Waals surface area contributed by atoms with E-state index in [0.29, 0.717) is 17.9 Å². The number of carbonyl (C=O) groups is 2. The molecule has 2 aromatic carbocycles. The van der Waals surface area contributed by atoms with Crippen LogP contribution in [-0.4, -0.2) is 49.6 Å². The average Bonchev–Trinajstić information content (AvgIpc) is 2.90. The van der Waals surface area contributed by atoms with Crippen LogP contribution in [0.15, 0.2) is 89.9 Å². The quantitative estimate of drug-likeness (QED) is 0.282. The third kappa shape index (κ3) is 9.66. The van der Waals surface area contributed by atoms with E-state index in [-0.39, 0.29) is 49.6 Å². The number of hydrogen-bond donors (Lipinski definition) is 3. The van der Waals surface area contributed by atoms with Crippen LogP contribution in [-0.2, 0) is 9.53 Å². The smallest absolute Gasteiger partial charge is 0.490 e. The monoisotopic (exact) mass is 532 g/mol. The molecule has 2 aromatic rings. The molecular formula is C27H27F3N2O6. The average molecular weight is 533 g/mol. The third-order valence-electron chi connectivity index (χ3n) is 5.09. The minimum absolute atomic E-state index is 0.0286. The molecule has 202 valence electrons. The summed E-state index contributed by atoms with van der Waals surface area (Å²) in [4.78, 5) is 25.3. The third-order valence-corrected chi connectivity index (χ3v) is 5.09. The van der Waals surface area contributed by atoms with Crippen molar-refractivity contribution in [2.24, 2.45) is 0 Å². The lowest BCUT2D eigenvalue weighted by Gasteiger charge is -2.16. The van der Waals surface area contributed by atoms with Crippen LogP contribution in [0.1, 0.15) is 23.2 Å². The van der Waals surface area contributed by atoms with E-state index in [0.717, 1.165) is 11.8 Å². The number of halogens is 3. The molecule has 0 bridgehead atoms. The van der Waals surface area contributed by atoms with Crippen molar-refractivity contribution < 1.29 is 42.1 Å². The molecule has 0 saturated heterocycles. The molecule has 3 N–H and O–H groups in total. The Labute approximate surface area is 217 Å². The summed E-state index contributed by atoms with van der Waals surface area (Å²) in [5.74, 6) is -0.245. The van der Waals surface area contributed by atoms with E-state index >= 15 is 0 Å². The van der Waals surface area contributed by atoms with Crippen LogP contribution >= 0.6 is 0 Å². The number of hydrogen-bond acceptors (Lipinski definition) is 6. The second-order valence-corrected chi connectivity index (χ2v) is 7.95. The number of ether oxygens (including phenoxy) is 3. The Bertz CT molecular complexity index is 1180. The molecule has 0 radical (unpaired) electrons. The Balaban J connectivity index is 1.61. The number of alkyl halides is 3. The van der Waals surface area contributed by atoms with E-state index in [1.165, 1.54) is 24.3 Å². The highest BCUT2D eigenvalue weighted by Crippen LogP contribution is 2.27. The first-order chi connectivity index (χ1) is 18.2. The summed E-state index contributed by atoms with van der Waals surface area (Å²) in [5.41, 5.74) is 0.634. The first kappa shape index (κ1) is 28.3. The highest BCUT2D eigenvalue weighted by molar-refractivity contribution is 6.03. The number of rotatable bonds is 12. The van der Waals surface area contributed by atoms with E-state index in [2.05, 4.69) is 15.4 Å². The summed E-state index contributed by atoms with van der Waals surface area (Å²) >= 11 is 0. The van der Waals surface area contributed by atoms with Gasteiger partial charge in [0.25, 0.3) is 11.8 Å². The van der Waals surface area contributed by atoms with Crippen LogP contribution in [0.3, 0.4) is 0 Å². The van der Waals surface area contributed by atoms with Crippen molar-refractivity contribution in [1.82, 2.24) is 10.6 Å². The Hall–Kier alpha value is -4.25. The number of aliphatic hydroxyl groups is 1. The summed E-state index contributed by atoms with van der Waals surface area (Å²) in [6, 6.07) is 15.5. The summed E-state index contributed by atoms with van der Waals surface area (Å²) in [5, 5.41) is 14.0. The molecule has 11 heteroatoms. The SMILES string of the molecule is O=C(NCCO)/C(=C/C1=CC=C(OC(F)(F)F)CC1)NC(=O)c1ccc(OCCOc2ccccc2)cc1. The second-order valence-electron chi connectivity index (χ2n) is 7.95. The highest BCUT2D eigenvalue weighted by atomic mass is 19.4. The number of nitrogens with one attached hydrogen (secondary N) is 2. The zero-order valence-electron chi connectivity index (χ0n) is 20.3. The maximum Gasteiger partial charge on any atom is 0.572 e. The summed E-state index contributed by atoms with van der Waals surface area (Å²) in [6.07, 6.45) is -0.739. The maximum atomic E-state index is 12.8. The molecule has 1 aliphatic rings. The fourth-order valence-electron chi connectivity index (χ4n) is 3.33. The lowest BCUT2D eigenvalue weighted by atomic mass is 10.0. The molecular weight excluding hydrogens is 505 g/mol. The molecule has 1 aliphatic carbocycles. The van der Waals surface area contributed by atoms with E-state index in [1.807, 2.05) is 30.3 Å². The van der Waals surface area contributed by atoms with Gasteiger partial charge in [-0.2, -0.15) is 0 Å². The van der Waals surface area contributed by atoms with Crippen LogP contribution in [0.2, 0.25) is 0 Å². The molecule has 0 spiro atoms. The number of carbonyl (C=O) groups excluding carboxylic acids is 2. The van der Waals surface area contributed by atoms with Gasteiger partial charge in [0.2, 0.25) is 0 Å². The van der Waals surface area contributed by atoms with Gasteiger partial charge in [0.05, 0.1) is 6.61 Å². The van der Waals surface area contributed by atoms with Gasteiger partial charge in [-0.05, 0) is 60.5 Å². The Kier molecular flexibility index (Phi) is 10.4. The van der Waals surface area contributed by atoms with Gasteiger partial charge in [0.15, 0.2) is 0 Å². The number of amides is 2. The second kappa shape index (κ2) is 13.9. The molecule has 0 heterocycles. The van der Waals surface area contributed by atoms with Crippen molar-refractivity contribution in [2.45, 2.75) is 19.2 Å². The van der Waals surface area contributed by atoms with Gasteiger partial charge in [-0.15, -0.1) is 13.2 Å². The van der Waals surface area contributed by atoms with Gasteiger partial charge < -0.3 is 30.0 Å². The first-order valence-electron chi connectivity index (χ1n) is 11.7. The Morgan fingerprint density at radius 1 is 0.921 bits per heavy atom. The summed E-state index contributed by atoms with van der Waals surface area (Å²) in [6.45, 7) is 0.263. The molecule has 0 aromatic heterocycles. The molecule has 0 fully saturated rings. The van der Waals surface area contributed by atoms with Gasteiger partial charge in [-0.3, -0.25) is 9.59 Å². The van der Waals surface area contributed by atoms with E-state index in [9.17, 15) is 22.8 Å². The molecule has 0 atom stereocenters. The lowest BCUT2D eigenvalue weighted by Crippen LogP contribution is -2.36. The van der Waals surface area contributed by atoms with Crippen molar-refractivity contribution >= 4 is 11.8 Å². The minimum atomic E-state index is -4.78. The zero-order valence-corrected chi connectivity index (χ0v) is 20.3. The largest absolute Gasteiger partial charge is 0.572 e. The standard InChI is InChI=1S/C27H27F3N2O6/c28-27(29,30)38-23-10-6-19(7-11-23)18-24(26(35)31-14-15-33)32-25(34)20-8-12-22(13-9-20)37-17-16-36-21-4-2-1-3-5-21/h1-6,8-10,12-13,18,33H,7,11,14-17H2,(H,31,35)(H,32,34)/b24-18-. The maximum absolute atomic E-state index is 12.8. The molecule has 38 heavy (non-hydrogen) atoms. The van der Waals surface area contributed by atoms with E-state index in [4.69, 9.17) is 14.6 Å². The van der Waals surface area contributed by atoms with Crippen molar-refractivity contribution in [1.29, 1.82) is 0 Å². The molecule has 0 aliphatic heterocycles. The van der Waals surface area contributed by atoms with Gasteiger partial charge in [-0.25, -0.2) is 0 Å². The van der Waals surface area contributed by atoms with Crippen LogP contribution in [0.4, 0.5) is 13.2 Å². The van der Waals surface area contributed by atoms with Crippen molar-refractivity contribution in [3.8, 4) is 11.5 Å². The number of aliphatic hydroxyl groups excluding tert-OH is 1. The Morgan fingerprint density at radius 3 is 2.16 bits per heavy atom. The number of allylic oxidation sites excluding steroid dienone is 5. The summed E-state index contributed by atoms with van der Waals surface area (Å²) < 4.78 is 52.3. The number of benzene rings is 2. The predicted molar refractivity (Wildman–Crippen MR) is 132 cm³/mol. The minimum Gasteiger partial charge on any atom is -0.490 e. The molecule has 3 rings (SSSR count). The van der Waals surface area contributed by atoms with Crippen LogP contribution < -0.4 is 20.1 Å². The molecule has 8 nitrogen and oxygen atoms in total. The Morgan fingerprint density at radius 2 is 1.58 bits per heavy atom. The van der Waals surface area contributed by atoms with Gasteiger partial charge in [0, 0.05) is 18.5 Å². The van der Waals surface area contributed by atoms with E-state index in [1.54, 1.807) is 12.1 Å². The zero-order chi connectivity index (χ0) is 27.4. The van der Waals surface area contributed by atoms with Gasteiger partial charge in [-0.1, -0.05) is 24.3 Å². The fraction of sp³-hybridized carbons (Fsp3) is 0.259. The molecule has 2 amide bonds. The van der Waals surface area contributed by atoms with Crippen molar-refractivity contribution in [3.05, 3.63) is 95.4 Å². The van der Waals surface area contributed by atoms with E-state index < -0.39 is 18.2 Å². The normalized spacial score (nSPS) is 13.6. The van der Waals surface area contributed by atoms with Crippen molar-refractivity contribution in [2.75, 3.05) is 26.4 Å². The van der Waals surface area contributed by atoms with Crippen molar-refractivity contribution in [3.63, 3.8) is 0 Å². The lowest BCUT2D eigenvalue weighted by molar-refractivity contribution is -0.306. The first-order valence-corrected chi connectivity index (χ1v) is 11.7. The van der Waals surface area contributed by atoms with Gasteiger partial charge >= 0.3 is 6.36 Å². The van der Waals surface area contributed by atoms with Crippen LogP contribution in [0.5, 0.6) is 11.5 Å². The van der Waals surface area contributed by atoms with Gasteiger partial charge in [0.1, 0.15) is 36.2 Å². The topological polar surface area (TPSA) is 106 Å². The molecule has 0 saturated carbocycles.